The molecule has 0 atom stereocenters. The van der Waals surface area contributed by atoms with Gasteiger partial charge >= 0.3 is 0 Å². The van der Waals surface area contributed by atoms with Crippen LogP contribution in [0.4, 0.5) is 5.69 Å². The van der Waals surface area contributed by atoms with Crippen molar-refractivity contribution in [3.8, 4) is 5.75 Å². The van der Waals surface area contributed by atoms with Crippen LogP contribution in [0.2, 0.25) is 0 Å². The number of carbonyl (C=O) groups excluding carboxylic acids is 1. The number of rotatable bonds is 8. The van der Waals surface area contributed by atoms with E-state index < -0.39 is 15.9 Å². The second-order valence-electron chi connectivity index (χ2n) is 6.39. The largest absolute Gasteiger partial charge is 0.490 e. The summed E-state index contributed by atoms with van der Waals surface area (Å²) < 4.78 is 32.8. The van der Waals surface area contributed by atoms with Gasteiger partial charge in [-0.2, -0.15) is 0 Å². The molecule has 0 unspecified atom stereocenters. The van der Waals surface area contributed by atoms with Gasteiger partial charge < -0.3 is 10.1 Å². The molecule has 30 heavy (non-hydrogen) atoms. The first-order chi connectivity index (χ1) is 14.1. The molecule has 0 fully saturated rings. The van der Waals surface area contributed by atoms with Gasteiger partial charge in [0.05, 0.1) is 15.5 Å². The number of ether oxygens (including phenoxy) is 1. The first kappa shape index (κ1) is 24.0. The van der Waals surface area contributed by atoms with Gasteiger partial charge in [-0.1, -0.05) is 6.08 Å². The second kappa shape index (κ2) is 10.7. The fourth-order valence-corrected chi connectivity index (χ4v) is 3.98. The van der Waals surface area contributed by atoms with Crippen LogP contribution in [0.3, 0.4) is 0 Å². The van der Waals surface area contributed by atoms with Crippen LogP contribution in [0.15, 0.2) is 64.5 Å². The molecule has 160 valence electrons. The number of carbonyl (C=O) groups is 1. The smallest absolute Gasteiger partial charge is 0.257 e. The number of benzene rings is 2. The topological polar surface area (TPSA) is 96.5 Å². The summed E-state index contributed by atoms with van der Waals surface area (Å²) in [6, 6.07) is 11.0. The van der Waals surface area contributed by atoms with Crippen molar-refractivity contribution in [1.82, 2.24) is 10.0 Å². The molecule has 0 saturated heterocycles. The van der Waals surface area contributed by atoms with E-state index in [1.807, 2.05) is 13.8 Å². The Bertz CT molecular complexity index is 1040. The molecule has 0 radical (unpaired) electrons. The van der Waals surface area contributed by atoms with Crippen LogP contribution < -0.4 is 20.1 Å². The van der Waals surface area contributed by atoms with Crippen molar-refractivity contribution in [2.75, 3.05) is 11.9 Å². The fourth-order valence-electron chi connectivity index (χ4n) is 2.30. The molecule has 2 rings (SSSR count). The van der Waals surface area contributed by atoms with E-state index in [-0.39, 0.29) is 22.7 Å². The Labute approximate surface area is 190 Å². The highest BCUT2D eigenvalue weighted by atomic mass is 79.9. The number of nitrogens with one attached hydrogen (secondary N) is 3. The maximum atomic E-state index is 12.4. The maximum Gasteiger partial charge on any atom is 0.257 e. The van der Waals surface area contributed by atoms with Crippen molar-refractivity contribution in [3.05, 3.63) is 65.2 Å². The average Bonchev–Trinajstić information content (AvgIpc) is 2.68. The molecule has 0 aliphatic rings. The minimum atomic E-state index is -3.60. The number of thiocarbonyl (C=S) groups is 1. The van der Waals surface area contributed by atoms with Crippen molar-refractivity contribution in [2.24, 2.45) is 0 Å². The Kier molecular flexibility index (Phi) is 8.54. The fraction of sp³-hybridized carbons (Fsp3) is 0.200. The number of hydrogen-bond acceptors (Lipinski definition) is 5. The minimum absolute atomic E-state index is 0.0110. The number of halogens is 1. The first-order valence-corrected chi connectivity index (χ1v) is 11.6. The van der Waals surface area contributed by atoms with Gasteiger partial charge in [-0.15, -0.1) is 6.58 Å². The van der Waals surface area contributed by atoms with Gasteiger partial charge in [-0.05, 0) is 84.5 Å². The van der Waals surface area contributed by atoms with E-state index in [4.69, 9.17) is 17.0 Å². The lowest BCUT2D eigenvalue weighted by Gasteiger charge is -2.13. The van der Waals surface area contributed by atoms with E-state index >= 15 is 0 Å². The molecule has 0 aliphatic heterocycles. The molecule has 1 amide bonds. The zero-order valence-electron chi connectivity index (χ0n) is 16.4. The van der Waals surface area contributed by atoms with Gasteiger partial charge in [0.2, 0.25) is 10.0 Å². The highest BCUT2D eigenvalue weighted by molar-refractivity contribution is 9.10. The Hall–Kier alpha value is -2.27. The summed E-state index contributed by atoms with van der Waals surface area (Å²) in [4.78, 5) is 12.5. The Morgan fingerprint density at radius 3 is 2.47 bits per heavy atom. The molecule has 0 heterocycles. The normalized spacial score (nSPS) is 11.1. The minimum Gasteiger partial charge on any atom is -0.490 e. The standard InChI is InChI=1S/C20H22BrN3O4S2/c1-4-11-22-30(26,27)16-8-6-15(7-9-16)23-20(29)24-19(25)14-5-10-18(17(21)12-14)28-13(2)3/h4-10,12-13,22H,1,11H2,2-3H3,(H2,23,24,25,29). The van der Waals surface area contributed by atoms with Crippen molar-refractivity contribution in [1.29, 1.82) is 0 Å². The predicted octanol–water partition coefficient (Wildman–Crippen LogP) is 3.83. The van der Waals surface area contributed by atoms with E-state index in [0.29, 0.717) is 21.5 Å². The van der Waals surface area contributed by atoms with E-state index in [0.717, 1.165) is 0 Å². The number of hydrogen-bond donors (Lipinski definition) is 3. The van der Waals surface area contributed by atoms with E-state index in [2.05, 4.69) is 37.9 Å². The molecular weight excluding hydrogens is 490 g/mol. The zero-order chi connectivity index (χ0) is 22.3. The van der Waals surface area contributed by atoms with Crippen molar-refractivity contribution in [3.63, 3.8) is 0 Å². The lowest BCUT2D eigenvalue weighted by Crippen LogP contribution is -2.34. The molecule has 0 aromatic heterocycles. The SMILES string of the molecule is C=CCNS(=O)(=O)c1ccc(NC(=S)NC(=O)c2ccc(OC(C)C)c(Br)c2)cc1. The van der Waals surface area contributed by atoms with Crippen LogP contribution in [-0.2, 0) is 10.0 Å². The predicted molar refractivity (Wildman–Crippen MR) is 125 cm³/mol. The summed E-state index contributed by atoms with van der Waals surface area (Å²) in [5, 5.41) is 5.51. The maximum absolute atomic E-state index is 12.4. The molecule has 0 spiro atoms. The van der Waals surface area contributed by atoms with Gasteiger partial charge in [0.15, 0.2) is 5.11 Å². The van der Waals surface area contributed by atoms with Crippen molar-refractivity contribution in [2.45, 2.75) is 24.8 Å². The van der Waals surface area contributed by atoms with Gasteiger partial charge in [-0.3, -0.25) is 10.1 Å². The van der Waals surface area contributed by atoms with Crippen LogP contribution in [0, 0.1) is 0 Å². The average molecular weight is 512 g/mol. The number of anilines is 1. The van der Waals surface area contributed by atoms with Crippen LogP contribution in [-0.4, -0.2) is 32.1 Å². The van der Waals surface area contributed by atoms with Crippen molar-refractivity contribution < 1.29 is 17.9 Å². The number of amides is 1. The van der Waals surface area contributed by atoms with Gasteiger partial charge in [0, 0.05) is 17.8 Å². The van der Waals surface area contributed by atoms with Crippen LogP contribution in [0.5, 0.6) is 5.75 Å². The summed E-state index contributed by atoms with van der Waals surface area (Å²) in [5.74, 6) is 0.247. The van der Waals surface area contributed by atoms with Crippen LogP contribution in [0.25, 0.3) is 0 Å². The number of sulfonamides is 1. The van der Waals surface area contributed by atoms with Gasteiger partial charge in [0.1, 0.15) is 5.75 Å². The highest BCUT2D eigenvalue weighted by Gasteiger charge is 2.14. The molecule has 10 heteroatoms. The lowest BCUT2D eigenvalue weighted by molar-refractivity contribution is 0.0977. The second-order valence-corrected chi connectivity index (χ2v) is 9.41. The Morgan fingerprint density at radius 1 is 1.23 bits per heavy atom. The Morgan fingerprint density at radius 2 is 1.90 bits per heavy atom. The third-order valence-corrected chi connectivity index (χ3v) is 5.89. The molecule has 3 N–H and O–H groups in total. The third-order valence-electron chi connectivity index (χ3n) is 3.62. The van der Waals surface area contributed by atoms with Crippen LogP contribution in [0.1, 0.15) is 24.2 Å². The van der Waals surface area contributed by atoms with Gasteiger partial charge in [0.25, 0.3) is 5.91 Å². The Balaban J connectivity index is 1.99. The third kappa shape index (κ3) is 6.91. The zero-order valence-corrected chi connectivity index (χ0v) is 19.7. The van der Waals surface area contributed by atoms with E-state index in [9.17, 15) is 13.2 Å². The van der Waals surface area contributed by atoms with Gasteiger partial charge in [-0.25, -0.2) is 13.1 Å². The monoisotopic (exact) mass is 511 g/mol. The molecular formula is C20H22BrN3O4S2. The summed E-state index contributed by atoms with van der Waals surface area (Å²) in [6.07, 6.45) is 1.47. The lowest BCUT2D eigenvalue weighted by atomic mass is 10.2. The molecule has 7 nitrogen and oxygen atoms in total. The first-order valence-electron chi connectivity index (χ1n) is 8.91. The molecule has 0 bridgehead atoms. The van der Waals surface area contributed by atoms with Crippen molar-refractivity contribution >= 4 is 54.9 Å². The molecule has 2 aromatic rings. The summed E-state index contributed by atoms with van der Waals surface area (Å²) in [7, 11) is -3.60. The quantitative estimate of drug-likeness (QED) is 0.368. The molecule has 0 saturated carbocycles. The van der Waals surface area contributed by atoms with E-state index in [1.165, 1.54) is 18.2 Å². The highest BCUT2D eigenvalue weighted by Crippen LogP contribution is 2.27. The molecule has 0 aliphatic carbocycles. The van der Waals surface area contributed by atoms with E-state index in [1.54, 1.807) is 30.3 Å². The molecule has 2 aromatic carbocycles. The summed E-state index contributed by atoms with van der Waals surface area (Å²) in [5.41, 5.74) is 0.932. The summed E-state index contributed by atoms with van der Waals surface area (Å²) in [6.45, 7) is 7.44. The van der Waals surface area contributed by atoms with Crippen LogP contribution >= 0.6 is 28.1 Å². The summed E-state index contributed by atoms with van der Waals surface area (Å²) >= 11 is 8.56.